The lowest BCUT2D eigenvalue weighted by Gasteiger charge is -2.26. The molecule has 0 atom stereocenters. The average Bonchev–Trinajstić information content (AvgIpc) is 3.19. The molecule has 0 radical (unpaired) electrons. The van der Waals surface area contributed by atoms with Crippen LogP contribution in [0.4, 0.5) is 0 Å². The van der Waals surface area contributed by atoms with Gasteiger partial charge in [-0.05, 0) is 49.9 Å². The summed E-state index contributed by atoms with van der Waals surface area (Å²) in [6.45, 7) is 4.54. The highest BCUT2D eigenvalue weighted by atomic mass is 35.5. The van der Waals surface area contributed by atoms with Crippen molar-refractivity contribution in [1.82, 2.24) is 20.2 Å². The van der Waals surface area contributed by atoms with E-state index in [1.807, 2.05) is 11.9 Å². The van der Waals surface area contributed by atoms with Crippen molar-refractivity contribution in [3.8, 4) is 16.9 Å². The van der Waals surface area contributed by atoms with E-state index in [0.29, 0.717) is 47.7 Å². The minimum atomic E-state index is -0.269. The molecule has 186 valence electrons. The number of nitrogens with zero attached hydrogens (tertiary/aromatic N) is 3. The third-order valence-corrected chi connectivity index (χ3v) is 6.63. The number of nitrogens with one attached hydrogen (secondary N) is 1. The van der Waals surface area contributed by atoms with E-state index in [1.165, 1.54) is 5.56 Å². The molecule has 0 bridgehead atoms. The minimum absolute atomic E-state index is 0.233. The predicted octanol–water partition coefficient (Wildman–Crippen LogP) is 4.84. The summed E-state index contributed by atoms with van der Waals surface area (Å²) in [5.41, 5.74) is 7.66. The Balaban J connectivity index is 1.68. The summed E-state index contributed by atoms with van der Waals surface area (Å²) < 4.78 is 7.09. The second kappa shape index (κ2) is 12.0. The molecular weight excluding hydrogens is 487 g/mol. The Morgan fingerprint density at radius 2 is 1.83 bits per heavy atom. The van der Waals surface area contributed by atoms with Gasteiger partial charge in [0.2, 0.25) is 0 Å². The summed E-state index contributed by atoms with van der Waals surface area (Å²) in [6, 6.07) is 13.5. The second-order valence-electron chi connectivity index (χ2n) is 8.60. The quantitative estimate of drug-likeness (QED) is 0.398. The van der Waals surface area contributed by atoms with E-state index in [0.717, 1.165) is 42.5 Å². The Labute approximate surface area is 215 Å². The Bertz CT molecular complexity index is 1160. The number of carbonyl (C=O) groups is 1. The Morgan fingerprint density at radius 1 is 1.09 bits per heavy atom. The molecule has 1 aromatic heterocycles. The van der Waals surface area contributed by atoms with Crippen LogP contribution in [0.5, 0.6) is 0 Å². The number of benzene rings is 2. The number of morpholine rings is 1. The Hall–Kier alpha value is -2.42. The van der Waals surface area contributed by atoms with E-state index < -0.39 is 0 Å². The van der Waals surface area contributed by atoms with E-state index in [2.05, 4.69) is 29.7 Å². The number of rotatable bonds is 9. The Morgan fingerprint density at radius 3 is 2.51 bits per heavy atom. The number of carbonyl (C=O) groups excluding carboxylic acids is 1. The molecular formula is C26H30Cl2N4O3. The molecule has 0 saturated carbocycles. The van der Waals surface area contributed by atoms with Gasteiger partial charge in [0.1, 0.15) is 0 Å². The summed E-state index contributed by atoms with van der Waals surface area (Å²) in [4.78, 5) is 13.2. The normalized spacial score (nSPS) is 14.3. The van der Waals surface area contributed by atoms with Crippen LogP contribution in [-0.2, 0) is 11.2 Å². The van der Waals surface area contributed by atoms with Gasteiger partial charge in [0.05, 0.1) is 29.6 Å². The minimum Gasteiger partial charge on any atom is -0.396 e. The molecule has 0 spiro atoms. The number of halogens is 2. The van der Waals surface area contributed by atoms with Gasteiger partial charge in [-0.2, -0.15) is 5.10 Å². The summed E-state index contributed by atoms with van der Waals surface area (Å²) in [6.07, 6.45) is 3.81. The fourth-order valence-corrected chi connectivity index (χ4v) is 4.69. The fourth-order valence-electron chi connectivity index (χ4n) is 4.20. The van der Waals surface area contributed by atoms with Gasteiger partial charge < -0.3 is 9.84 Å². The average molecular weight is 517 g/mol. The first-order valence-corrected chi connectivity index (χ1v) is 12.6. The van der Waals surface area contributed by atoms with Crippen LogP contribution in [0.1, 0.15) is 40.9 Å². The number of hydrogen-bond donors (Lipinski definition) is 2. The number of hydrazine groups is 1. The number of aromatic nitrogens is 2. The third kappa shape index (κ3) is 6.23. The van der Waals surface area contributed by atoms with Crippen molar-refractivity contribution in [3.63, 3.8) is 0 Å². The lowest BCUT2D eigenvalue weighted by molar-refractivity contribution is 0.0124. The van der Waals surface area contributed by atoms with Crippen molar-refractivity contribution in [2.24, 2.45) is 0 Å². The van der Waals surface area contributed by atoms with Gasteiger partial charge in [0.25, 0.3) is 5.91 Å². The van der Waals surface area contributed by atoms with Crippen molar-refractivity contribution < 1.29 is 14.6 Å². The molecule has 2 heterocycles. The molecule has 35 heavy (non-hydrogen) atoms. The maximum atomic E-state index is 13.2. The van der Waals surface area contributed by atoms with Crippen LogP contribution in [0.25, 0.3) is 16.9 Å². The fraction of sp³-hybridized carbons (Fsp3) is 0.385. The summed E-state index contributed by atoms with van der Waals surface area (Å²) in [5.74, 6) is -0.269. The molecule has 1 amide bonds. The molecule has 0 aliphatic carbocycles. The first kappa shape index (κ1) is 25.7. The van der Waals surface area contributed by atoms with Crippen molar-refractivity contribution >= 4 is 29.1 Å². The second-order valence-corrected chi connectivity index (χ2v) is 9.44. The number of aryl methyl sites for hydroxylation is 1. The molecule has 0 unspecified atom stereocenters. The lowest BCUT2D eigenvalue weighted by Crippen LogP contribution is -2.48. The van der Waals surface area contributed by atoms with Gasteiger partial charge in [0.15, 0.2) is 5.69 Å². The summed E-state index contributed by atoms with van der Waals surface area (Å²) >= 11 is 12.7. The topological polar surface area (TPSA) is 79.6 Å². The van der Waals surface area contributed by atoms with E-state index in [1.54, 1.807) is 22.9 Å². The first-order chi connectivity index (χ1) is 17.0. The Kier molecular flexibility index (Phi) is 8.81. The van der Waals surface area contributed by atoms with Gasteiger partial charge in [-0.3, -0.25) is 10.2 Å². The monoisotopic (exact) mass is 516 g/mol. The van der Waals surface area contributed by atoms with Gasteiger partial charge >= 0.3 is 0 Å². The van der Waals surface area contributed by atoms with Gasteiger partial charge in [-0.25, -0.2) is 9.69 Å². The van der Waals surface area contributed by atoms with Crippen molar-refractivity contribution in [3.05, 3.63) is 69.3 Å². The molecule has 1 fully saturated rings. The number of amides is 1. The molecule has 1 aliphatic heterocycles. The van der Waals surface area contributed by atoms with E-state index in [-0.39, 0.29) is 12.5 Å². The van der Waals surface area contributed by atoms with Crippen molar-refractivity contribution in [1.29, 1.82) is 0 Å². The van der Waals surface area contributed by atoms with Gasteiger partial charge in [0, 0.05) is 35.8 Å². The molecule has 3 aromatic rings. The zero-order chi connectivity index (χ0) is 24.8. The van der Waals surface area contributed by atoms with E-state index in [4.69, 9.17) is 38.1 Å². The third-order valence-electron chi connectivity index (χ3n) is 6.10. The highest BCUT2D eigenvalue weighted by Gasteiger charge is 2.25. The highest BCUT2D eigenvalue weighted by molar-refractivity contribution is 6.35. The van der Waals surface area contributed by atoms with Crippen molar-refractivity contribution in [2.45, 2.75) is 32.6 Å². The number of hydrogen-bond acceptors (Lipinski definition) is 5. The number of unbranched alkanes of at least 4 members (excludes halogenated alkanes) is 2. The SMILES string of the molecule is Cc1c(C(=O)NN2CCOCC2)nn(-c2ccc(Cl)cc2Cl)c1-c1ccc(CCCCCO)cc1. The maximum Gasteiger partial charge on any atom is 0.286 e. The largest absolute Gasteiger partial charge is 0.396 e. The highest BCUT2D eigenvalue weighted by Crippen LogP contribution is 2.33. The molecule has 4 rings (SSSR count). The molecule has 1 aliphatic rings. The maximum absolute atomic E-state index is 13.2. The van der Waals surface area contributed by atoms with Crippen LogP contribution in [0.2, 0.25) is 10.0 Å². The summed E-state index contributed by atoms with van der Waals surface area (Å²) in [7, 11) is 0. The number of aliphatic hydroxyl groups is 1. The van der Waals surface area contributed by atoms with Crippen LogP contribution in [0, 0.1) is 6.92 Å². The first-order valence-electron chi connectivity index (χ1n) is 11.9. The number of ether oxygens (including phenoxy) is 1. The predicted molar refractivity (Wildman–Crippen MR) is 138 cm³/mol. The smallest absolute Gasteiger partial charge is 0.286 e. The molecule has 1 saturated heterocycles. The van der Waals surface area contributed by atoms with Crippen LogP contribution in [0.3, 0.4) is 0 Å². The number of aliphatic hydroxyl groups excluding tert-OH is 1. The molecule has 2 N–H and O–H groups in total. The van der Waals surface area contributed by atoms with Crippen LogP contribution in [0.15, 0.2) is 42.5 Å². The zero-order valence-electron chi connectivity index (χ0n) is 19.8. The van der Waals surface area contributed by atoms with Crippen LogP contribution < -0.4 is 5.43 Å². The van der Waals surface area contributed by atoms with E-state index in [9.17, 15) is 4.79 Å². The van der Waals surface area contributed by atoms with Gasteiger partial charge in [-0.15, -0.1) is 0 Å². The molecule has 7 nitrogen and oxygen atoms in total. The summed E-state index contributed by atoms with van der Waals surface area (Å²) in [5, 5.41) is 16.5. The van der Waals surface area contributed by atoms with Crippen molar-refractivity contribution in [2.75, 3.05) is 32.9 Å². The van der Waals surface area contributed by atoms with Crippen LogP contribution in [-0.4, -0.2) is 58.7 Å². The van der Waals surface area contributed by atoms with E-state index >= 15 is 0 Å². The molecule has 2 aromatic carbocycles. The van der Waals surface area contributed by atoms with Gasteiger partial charge in [-0.1, -0.05) is 53.9 Å². The van der Waals surface area contributed by atoms with Crippen LogP contribution >= 0.6 is 23.2 Å². The lowest BCUT2D eigenvalue weighted by atomic mass is 10.0. The standard InChI is InChI=1S/C26H30Cl2N4O3/c1-18-24(26(34)30-31-12-15-35-16-13-31)29-32(23-11-10-21(27)17-22(23)28)25(18)20-8-6-19(7-9-20)5-3-2-4-14-33/h6-11,17,33H,2-5,12-16H2,1H3,(H,30,34). The molecule has 9 heteroatoms. The zero-order valence-corrected chi connectivity index (χ0v) is 21.3.